The molecule has 1 N–H and O–H groups in total. The molecule has 70 valence electrons. The molecule has 2 heteroatoms. The van der Waals surface area contributed by atoms with Crippen LogP contribution in [0.2, 0.25) is 0 Å². The van der Waals surface area contributed by atoms with E-state index in [0.29, 0.717) is 5.41 Å². The van der Waals surface area contributed by atoms with Crippen molar-refractivity contribution in [2.45, 2.75) is 38.8 Å². The largest absolute Gasteiger partial charge is 0.315 e. The van der Waals surface area contributed by atoms with E-state index in [1.165, 1.54) is 25.9 Å². The van der Waals surface area contributed by atoms with Crippen LogP contribution in [-0.4, -0.2) is 37.1 Å². The fraction of sp³-hybridized carbons (Fsp3) is 1.00. The molecular formula is C10H20N2. The van der Waals surface area contributed by atoms with Crippen molar-refractivity contribution in [3.05, 3.63) is 0 Å². The second-order valence-electron chi connectivity index (χ2n) is 4.73. The van der Waals surface area contributed by atoms with Crippen LogP contribution in [0.15, 0.2) is 0 Å². The highest BCUT2D eigenvalue weighted by Crippen LogP contribution is 2.52. The van der Waals surface area contributed by atoms with Gasteiger partial charge < -0.3 is 5.32 Å². The Labute approximate surface area is 75.3 Å². The minimum atomic E-state index is 0.680. The molecule has 1 spiro atoms. The summed E-state index contributed by atoms with van der Waals surface area (Å²) in [5.74, 6) is 0. The second-order valence-corrected chi connectivity index (χ2v) is 4.73. The maximum atomic E-state index is 3.46. The fourth-order valence-electron chi connectivity index (χ4n) is 2.47. The molecule has 0 unspecified atom stereocenters. The molecule has 0 aromatic heterocycles. The molecular weight excluding hydrogens is 148 g/mol. The second kappa shape index (κ2) is 2.71. The first-order valence-corrected chi connectivity index (χ1v) is 5.09. The number of likely N-dealkylation sites (N-methyl/N-ethyl adjacent to an activating group) is 1. The topological polar surface area (TPSA) is 15.3 Å². The Balaban J connectivity index is 2.01. The molecule has 2 aliphatic rings. The molecule has 1 saturated carbocycles. The third-order valence-electron chi connectivity index (χ3n) is 3.65. The average molecular weight is 168 g/mol. The molecule has 12 heavy (non-hydrogen) atoms. The predicted octanol–water partition coefficient (Wildman–Crippen LogP) is 1.08. The van der Waals surface area contributed by atoms with E-state index in [0.717, 1.165) is 12.1 Å². The van der Waals surface area contributed by atoms with Crippen molar-refractivity contribution < 1.29 is 0 Å². The number of nitrogens with zero attached hydrogens (tertiary/aromatic N) is 1. The number of hydrogen-bond donors (Lipinski definition) is 1. The van der Waals surface area contributed by atoms with Gasteiger partial charge in [0, 0.05) is 25.2 Å². The van der Waals surface area contributed by atoms with E-state index in [9.17, 15) is 0 Å². The van der Waals surface area contributed by atoms with E-state index >= 15 is 0 Å². The summed E-state index contributed by atoms with van der Waals surface area (Å²) in [6.45, 7) is 7.19. The van der Waals surface area contributed by atoms with Gasteiger partial charge in [0.1, 0.15) is 0 Å². The SMILES string of the molecule is CN[C@H]1CN(C(C)C)CC12CC2. The standard InChI is InChI=1S/C10H20N2/c1-8(2)12-6-9(11-3)10(7-12)4-5-10/h8-9,11H,4-7H2,1-3H3/t9-/m0/s1. The third-order valence-corrected chi connectivity index (χ3v) is 3.65. The lowest BCUT2D eigenvalue weighted by Gasteiger charge is -2.19. The summed E-state index contributed by atoms with van der Waals surface area (Å²) in [4.78, 5) is 2.61. The lowest BCUT2D eigenvalue weighted by molar-refractivity contribution is 0.261. The lowest BCUT2D eigenvalue weighted by atomic mass is 10.0. The van der Waals surface area contributed by atoms with Crippen LogP contribution >= 0.6 is 0 Å². The molecule has 2 rings (SSSR count). The fourth-order valence-corrected chi connectivity index (χ4v) is 2.47. The summed E-state index contributed by atoms with van der Waals surface area (Å²) in [5.41, 5.74) is 0.680. The quantitative estimate of drug-likeness (QED) is 0.663. The van der Waals surface area contributed by atoms with Crippen LogP contribution in [0.3, 0.4) is 0 Å². The molecule has 1 aliphatic carbocycles. The smallest absolute Gasteiger partial charge is 0.0260 e. The van der Waals surface area contributed by atoms with E-state index < -0.39 is 0 Å². The maximum Gasteiger partial charge on any atom is 0.0260 e. The van der Waals surface area contributed by atoms with Gasteiger partial charge in [0.05, 0.1) is 0 Å². The van der Waals surface area contributed by atoms with Crippen LogP contribution in [-0.2, 0) is 0 Å². The van der Waals surface area contributed by atoms with E-state index in [4.69, 9.17) is 0 Å². The summed E-state index contributed by atoms with van der Waals surface area (Å²) in [5, 5.41) is 3.46. The summed E-state index contributed by atoms with van der Waals surface area (Å²) in [6.07, 6.45) is 2.89. The van der Waals surface area contributed by atoms with Crippen LogP contribution < -0.4 is 5.32 Å². The first-order valence-electron chi connectivity index (χ1n) is 5.09. The van der Waals surface area contributed by atoms with Gasteiger partial charge >= 0.3 is 0 Å². The van der Waals surface area contributed by atoms with Gasteiger partial charge in [-0.15, -0.1) is 0 Å². The summed E-state index contributed by atoms with van der Waals surface area (Å²) >= 11 is 0. The van der Waals surface area contributed by atoms with Crippen LogP contribution in [0.4, 0.5) is 0 Å². The van der Waals surface area contributed by atoms with Crippen molar-refractivity contribution in [1.82, 2.24) is 10.2 Å². The summed E-state index contributed by atoms with van der Waals surface area (Å²) in [7, 11) is 2.11. The normalized spacial score (nSPS) is 33.5. The van der Waals surface area contributed by atoms with Crippen molar-refractivity contribution in [2.24, 2.45) is 5.41 Å². The Kier molecular flexibility index (Phi) is 1.92. The molecule has 0 aromatic carbocycles. The van der Waals surface area contributed by atoms with Gasteiger partial charge in [0.15, 0.2) is 0 Å². The highest BCUT2D eigenvalue weighted by atomic mass is 15.2. The number of nitrogens with one attached hydrogen (secondary N) is 1. The molecule has 2 fully saturated rings. The maximum absolute atomic E-state index is 3.46. The van der Waals surface area contributed by atoms with Gasteiger partial charge in [-0.3, -0.25) is 4.90 Å². The van der Waals surface area contributed by atoms with Gasteiger partial charge in [0.25, 0.3) is 0 Å². The van der Waals surface area contributed by atoms with E-state index in [1.54, 1.807) is 0 Å². The molecule has 0 radical (unpaired) electrons. The first kappa shape index (κ1) is 8.52. The molecule has 0 amide bonds. The Bertz CT molecular complexity index is 173. The van der Waals surface area contributed by atoms with E-state index in [2.05, 4.69) is 31.1 Å². The minimum absolute atomic E-state index is 0.680. The molecule has 1 heterocycles. The van der Waals surface area contributed by atoms with Gasteiger partial charge in [-0.1, -0.05) is 0 Å². The number of likely N-dealkylation sites (tertiary alicyclic amines) is 1. The van der Waals surface area contributed by atoms with Gasteiger partial charge in [-0.2, -0.15) is 0 Å². The van der Waals surface area contributed by atoms with Crippen LogP contribution in [0.1, 0.15) is 26.7 Å². The van der Waals surface area contributed by atoms with Crippen LogP contribution in [0.25, 0.3) is 0 Å². The van der Waals surface area contributed by atoms with E-state index in [1.807, 2.05) is 0 Å². The van der Waals surface area contributed by atoms with Crippen molar-refractivity contribution in [1.29, 1.82) is 0 Å². The number of rotatable bonds is 2. The van der Waals surface area contributed by atoms with E-state index in [-0.39, 0.29) is 0 Å². The molecule has 2 nitrogen and oxygen atoms in total. The summed E-state index contributed by atoms with van der Waals surface area (Å²) < 4.78 is 0. The van der Waals surface area contributed by atoms with Crippen molar-refractivity contribution in [2.75, 3.05) is 20.1 Å². The Hall–Kier alpha value is -0.0800. The van der Waals surface area contributed by atoms with Crippen LogP contribution in [0, 0.1) is 5.41 Å². The van der Waals surface area contributed by atoms with Gasteiger partial charge in [-0.25, -0.2) is 0 Å². The van der Waals surface area contributed by atoms with Gasteiger partial charge in [0.2, 0.25) is 0 Å². The average Bonchev–Trinajstić information content (AvgIpc) is 2.64. The highest BCUT2D eigenvalue weighted by Gasteiger charge is 2.54. The Morgan fingerprint density at radius 1 is 1.42 bits per heavy atom. The summed E-state index contributed by atoms with van der Waals surface area (Å²) in [6, 6.07) is 1.49. The van der Waals surface area contributed by atoms with Crippen molar-refractivity contribution in [3.63, 3.8) is 0 Å². The first-order chi connectivity index (χ1) is 5.68. The molecule has 1 atom stereocenters. The Morgan fingerprint density at radius 2 is 2.08 bits per heavy atom. The molecule has 1 aliphatic heterocycles. The van der Waals surface area contributed by atoms with Crippen molar-refractivity contribution in [3.8, 4) is 0 Å². The van der Waals surface area contributed by atoms with Crippen molar-refractivity contribution >= 4 is 0 Å². The zero-order chi connectivity index (χ0) is 8.77. The molecule has 1 saturated heterocycles. The monoisotopic (exact) mass is 168 g/mol. The predicted molar refractivity (Wildman–Crippen MR) is 51.2 cm³/mol. The van der Waals surface area contributed by atoms with Crippen LogP contribution in [0.5, 0.6) is 0 Å². The highest BCUT2D eigenvalue weighted by molar-refractivity contribution is 5.09. The molecule has 0 bridgehead atoms. The zero-order valence-electron chi connectivity index (χ0n) is 8.43. The number of hydrogen-bond acceptors (Lipinski definition) is 2. The zero-order valence-corrected chi connectivity index (χ0v) is 8.43. The third kappa shape index (κ3) is 1.17. The minimum Gasteiger partial charge on any atom is -0.315 e. The van der Waals surface area contributed by atoms with Gasteiger partial charge in [-0.05, 0) is 39.2 Å². The lowest BCUT2D eigenvalue weighted by Crippen LogP contribution is -2.35. The molecule has 0 aromatic rings. The Morgan fingerprint density at radius 3 is 2.42 bits per heavy atom.